The summed E-state index contributed by atoms with van der Waals surface area (Å²) >= 11 is 5.99. The summed E-state index contributed by atoms with van der Waals surface area (Å²) in [4.78, 5) is 23.6. The number of benzene rings is 2. The Bertz CT molecular complexity index is 791. The first-order valence-corrected chi connectivity index (χ1v) is 7.96. The summed E-state index contributed by atoms with van der Waals surface area (Å²) in [6.45, 7) is 1.80. The van der Waals surface area contributed by atoms with Crippen LogP contribution in [0.25, 0.3) is 0 Å². The molecule has 0 spiro atoms. The number of hydrogen-bond acceptors (Lipinski definition) is 3. The van der Waals surface area contributed by atoms with Gasteiger partial charge in [0.2, 0.25) is 11.8 Å². The van der Waals surface area contributed by atoms with Gasteiger partial charge in [-0.3, -0.25) is 9.59 Å². The van der Waals surface area contributed by atoms with Crippen LogP contribution in [0.5, 0.6) is 0 Å². The van der Waals surface area contributed by atoms with Gasteiger partial charge in [0.15, 0.2) is 0 Å². The lowest BCUT2D eigenvalue weighted by molar-refractivity contribution is -0.124. The van der Waals surface area contributed by atoms with E-state index in [2.05, 4.69) is 15.8 Å². The van der Waals surface area contributed by atoms with Crippen LogP contribution in [-0.4, -0.2) is 18.0 Å². The van der Waals surface area contributed by atoms with Crippen molar-refractivity contribution in [3.05, 3.63) is 64.4 Å². The van der Waals surface area contributed by atoms with Crippen molar-refractivity contribution in [2.45, 2.75) is 19.8 Å². The molecule has 0 unspecified atom stereocenters. The summed E-state index contributed by atoms with van der Waals surface area (Å²) < 4.78 is 12.8. The predicted octanol–water partition coefficient (Wildman–Crippen LogP) is 3.66. The number of carbonyl (C=O) groups is 2. The highest BCUT2D eigenvalue weighted by Gasteiger charge is 2.09. The van der Waals surface area contributed by atoms with E-state index in [0.29, 0.717) is 16.3 Å². The number of nitrogens with one attached hydrogen (secondary N) is 2. The van der Waals surface area contributed by atoms with E-state index in [1.807, 2.05) is 0 Å². The SMILES string of the molecule is Cc1c(Cl)cccc1NC(=O)CCC(=O)NN=Cc1ccc(F)cc1. The van der Waals surface area contributed by atoms with Crippen molar-refractivity contribution in [1.82, 2.24) is 5.43 Å². The number of carbonyl (C=O) groups excluding carboxylic acids is 2. The molecule has 0 bridgehead atoms. The lowest BCUT2D eigenvalue weighted by Gasteiger charge is -2.09. The van der Waals surface area contributed by atoms with Crippen LogP contribution in [0.3, 0.4) is 0 Å². The van der Waals surface area contributed by atoms with Crippen molar-refractivity contribution in [2.75, 3.05) is 5.32 Å². The Labute approximate surface area is 149 Å². The number of nitrogens with zero attached hydrogens (tertiary/aromatic N) is 1. The molecular weight excluding hydrogens is 345 g/mol. The number of rotatable bonds is 6. The van der Waals surface area contributed by atoms with Crippen LogP contribution >= 0.6 is 11.6 Å². The van der Waals surface area contributed by atoms with Gasteiger partial charge in [-0.15, -0.1) is 0 Å². The molecule has 2 N–H and O–H groups in total. The minimum Gasteiger partial charge on any atom is -0.326 e. The molecule has 5 nitrogen and oxygen atoms in total. The first-order chi connectivity index (χ1) is 12.0. The van der Waals surface area contributed by atoms with Crippen molar-refractivity contribution >= 4 is 35.3 Å². The second-order valence-corrected chi connectivity index (χ2v) is 5.71. The van der Waals surface area contributed by atoms with Crippen LogP contribution in [0, 0.1) is 12.7 Å². The number of hydrogen-bond donors (Lipinski definition) is 2. The second kappa shape index (κ2) is 8.94. The molecule has 0 saturated carbocycles. The van der Waals surface area contributed by atoms with Crippen molar-refractivity contribution < 1.29 is 14.0 Å². The first kappa shape index (κ1) is 18.6. The maximum Gasteiger partial charge on any atom is 0.240 e. The molecule has 0 aliphatic carbocycles. The number of amides is 2. The van der Waals surface area contributed by atoms with Crippen LogP contribution in [0.15, 0.2) is 47.6 Å². The van der Waals surface area contributed by atoms with Gasteiger partial charge < -0.3 is 5.32 Å². The molecular formula is C18H17ClFN3O2. The molecule has 0 radical (unpaired) electrons. The maximum absolute atomic E-state index is 12.8. The average molecular weight is 362 g/mol. The standard InChI is InChI=1S/C18H17ClFN3O2/c1-12-15(19)3-2-4-16(12)22-17(24)9-10-18(25)23-21-11-13-5-7-14(20)8-6-13/h2-8,11H,9-10H2,1H3,(H,22,24)(H,23,25). The Hall–Kier alpha value is -2.73. The van der Waals surface area contributed by atoms with Crippen LogP contribution in [0.4, 0.5) is 10.1 Å². The molecule has 7 heteroatoms. The van der Waals surface area contributed by atoms with E-state index in [1.165, 1.54) is 30.5 Å². The minimum absolute atomic E-state index is 0.00773. The molecule has 0 heterocycles. The van der Waals surface area contributed by atoms with Gasteiger partial charge in [-0.2, -0.15) is 5.10 Å². The molecule has 2 amide bonds. The molecule has 0 aromatic heterocycles. The van der Waals surface area contributed by atoms with Gasteiger partial charge in [0.1, 0.15) is 5.82 Å². The van der Waals surface area contributed by atoms with Gasteiger partial charge in [-0.1, -0.05) is 29.8 Å². The quantitative estimate of drug-likeness (QED) is 0.609. The van der Waals surface area contributed by atoms with Crippen LogP contribution < -0.4 is 10.7 Å². The summed E-state index contributed by atoms with van der Waals surface area (Å²) in [7, 11) is 0. The highest BCUT2D eigenvalue weighted by Crippen LogP contribution is 2.23. The van der Waals surface area contributed by atoms with Gasteiger partial charge >= 0.3 is 0 Å². The normalized spacial score (nSPS) is 10.7. The third-order valence-corrected chi connectivity index (χ3v) is 3.80. The Morgan fingerprint density at radius 3 is 2.52 bits per heavy atom. The Balaban J connectivity index is 1.76. The summed E-state index contributed by atoms with van der Waals surface area (Å²) in [5.74, 6) is -1.03. The third kappa shape index (κ3) is 6.00. The Morgan fingerprint density at radius 2 is 1.80 bits per heavy atom. The average Bonchev–Trinajstić information content (AvgIpc) is 2.59. The molecule has 0 saturated heterocycles. The van der Waals surface area contributed by atoms with Gasteiger partial charge in [-0.05, 0) is 42.3 Å². The van der Waals surface area contributed by atoms with E-state index in [9.17, 15) is 14.0 Å². The summed E-state index contributed by atoms with van der Waals surface area (Å²) in [5, 5.41) is 7.04. The second-order valence-electron chi connectivity index (χ2n) is 5.31. The third-order valence-electron chi connectivity index (χ3n) is 3.39. The van der Waals surface area contributed by atoms with Gasteiger partial charge in [0.25, 0.3) is 0 Å². The number of hydrazone groups is 1. The van der Waals surface area contributed by atoms with Gasteiger partial charge in [0.05, 0.1) is 6.21 Å². The van der Waals surface area contributed by atoms with E-state index in [1.54, 1.807) is 25.1 Å². The molecule has 2 rings (SSSR count). The van der Waals surface area contributed by atoms with Crippen molar-refractivity contribution in [3.8, 4) is 0 Å². The number of anilines is 1. The fourth-order valence-corrected chi connectivity index (χ4v) is 2.14. The topological polar surface area (TPSA) is 70.6 Å². The zero-order valence-corrected chi connectivity index (χ0v) is 14.3. The summed E-state index contributed by atoms with van der Waals surface area (Å²) in [5.41, 5.74) is 4.36. The van der Waals surface area contributed by atoms with Crippen molar-refractivity contribution in [2.24, 2.45) is 5.10 Å². The zero-order valence-electron chi connectivity index (χ0n) is 13.6. The molecule has 130 valence electrons. The van der Waals surface area contributed by atoms with E-state index < -0.39 is 5.91 Å². The molecule has 0 atom stereocenters. The maximum atomic E-state index is 12.8. The Kier molecular flexibility index (Phi) is 6.65. The molecule has 0 aliphatic rings. The van der Waals surface area contributed by atoms with Gasteiger partial charge in [0, 0.05) is 23.6 Å². The largest absolute Gasteiger partial charge is 0.326 e. The Morgan fingerprint density at radius 1 is 1.12 bits per heavy atom. The fraction of sp³-hybridized carbons (Fsp3) is 0.167. The van der Waals surface area contributed by atoms with Crippen molar-refractivity contribution in [1.29, 1.82) is 0 Å². The molecule has 0 aliphatic heterocycles. The zero-order chi connectivity index (χ0) is 18.2. The van der Waals surface area contributed by atoms with Crippen LogP contribution in [0.1, 0.15) is 24.0 Å². The van der Waals surface area contributed by atoms with Crippen LogP contribution in [-0.2, 0) is 9.59 Å². The smallest absolute Gasteiger partial charge is 0.240 e. The highest BCUT2D eigenvalue weighted by molar-refractivity contribution is 6.31. The van der Waals surface area contributed by atoms with E-state index in [4.69, 9.17) is 11.6 Å². The van der Waals surface area contributed by atoms with Gasteiger partial charge in [-0.25, -0.2) is 9.82 Å². The van der Waals surface area contributed by atoms with E-state index in [-0.39, 0.29) is 24.6 Å². The van der Waals surface area contributed by atoms with Crippen molar-refractivity contribution in [3.63, 3.8) is 0 Å². The summed E-state index contributed by atoms with van der Waals surface area (Å²) in [6.07, 6.45) is 1.41. The molecule has 0 fully saturated rings. The van der Waals surface area contributed by atoms with Crippen LogP contribution in [0.2, 0.25) is 5.02 Å². The fourth-order valence-electron chi connectivity index (χ4n) is 1.97. The monoisotopic (exact) mass is 361 g/mol. The minimum atomic E-state index is -0.392. The molecule has 2 aromatic rings. The highest BCUT2D eigenvalue weighted by atomic mass is 35.5. The molecule has 25 heavy (non-hydrogen) atoms. The predicted molar refractivity (Wildman–Crippen MR) is 96.2 cm³/mol. The van der Waals surface area contributed by atoms with E-state index >= 15 is 0 Å². The lowest BCUT2D eigenvalue weighted by Crippen LogP contribution is -2.20. The first-order valence-electron chi connectivity index (χ1n) is 7.58. The molecule has 2 aromatic carbocycles. The number of halogens is 2. The lowest BCUT2D eigenvalue weighted by atomic mass is 10.2. The summed E-state index contributed by atoms with van der Waals surface area (Å²) in [6, 6.07) is 10.9. The van der Waals surface area contributed by atoms with E-state index in [0.717, 1.165) is 5.56 Å².